The van der Waals surface area contributed by atoms with E-state index in [0.29, 0.717) is 10.8 Å². The summed E-state index contributed by atoms with van der Waals surface area (Å²) >= 11 is 1.52. The van der Waals surface area contributed by atoms with Crippen LogP contribution in [0, 0.1) is 19.7 Å². The van der Waals surface area contributed by atoms with E-state index in [4.69, 9.17) is 26.7 Å². The van der Waals surface area contributed by atoms with E-state index in [2.05, 4.69) is 69.2 Å². The van der Waals surface area contributed by atoms with Crippen LogP contribution in [0.25, 0.3) is 27.2 Å². The van der Waals surface area contributed by atoms with Gasteiger partial charge in [0, 0.05) is 42.2 Å². The second-order valence-corrected chi connectivity index (χ2v) is 12.2. The number of nitrogen functional groups attached to an aromatic ring is 1. The molecule has 7 nitrogen and oxygen atoms in total. The first-order chi connectivity index (χ1) is 24.8. The molecule has 0 fully saturated rings. The van der Waals surface area contributed by atoms with Crippen molar-refractivity contribution in [3.8, 4) is 11.3 Å². The highest BCUT2D eigenvalue weighted by Crippen LogP contribution is 2.32. The number of allylic oxidation sites excluding steroid dienone is 2. The van der Waals surface area contributed by atoms with E-state index in [-0.39, 0.29) is 11.7 Å². The molecule has 1 unspecified atom stereocenters. The number of aromatic nitrogens is 2. The second-order valence-electron chi connectivity index (χ2n) is 11.1. The summed E-state index contributed by atoms with van der Waals surface area (Å²) in [5.41, 5.74) is 21.2. The predicted octanol–water partition coefficient (Wildman–Crippen LogP) is 11.5. The predicted molar refractivity (Wildman–Crippen MR) is 220 cm³/mol. The van der Waals surface area contributed by atoms with Crippen molar-refractivity contribution in [3.63, 3.8) is 0 Å². The van der Waals surface area contributed by atoms with Gasteiger partial charge in [-0.3, -0.25) is 4.98 Å². The minimum absolute atomic E-state index is 0.229. The number of nitrogens with two attached hydrogens (primary N) is 2. The normalized spacial score (nSPS) is 11.2. The molecule has 0 spiro atoms. The van der Waals surface area contributed by atoms with Crippen molar-refractivity contribution in [1.82, 2.24) is 15.3 Å². The van der Waals surface area contributed by atoms with Crippen molar-refractivity contribution in [2.24, 2.45) is 5.73 Å². The van der Waals surface area contributed by atoms with E-state index < -0.39 is 6.43 Å². The Labute approximate surface area is 315 Å². The lowest BCUT2D eigenvalue weighted by molar-refractivity contribution is 0.171. The van der Waals surface area contributed by atoms with Crippen LogP contribution in [0.5, 0.6) is 0 Å². The van der Waals surface area contributed by atoms with E-state index in [1.807, 2.05) is 39.8 Å². The van der Waals surface area contributed by atoms with Gasteiger partial charge in [-0.25, -0.2) is 18.2 Å². The van der Waals surface area contributed by atoms with Gasteiger partial charge in [0.15, 0.2) is 5.13 Å². The number of hydrogen-bond donors (Lipinski definition) is 5. The molecule has 2 aromatic heterocycles. The average molecular weight is 748 g/mol. The van der Waals surface area contributed by atoms with Gasteiger partial charge in [-0.15, -0.1) is 0 Å². The third-order valence-electron chi connectivity index (χ3n) is 7.14. The SMILES string of the molecule is C/C(N)=C\O.CC.CC.CC(F)F.CC=C(NCC(CCC)c1cc(CCC)c(C)c(-c2ccc(F)cc2)n1)c1cc(C)c2nc(N)sc2c1.CO. The maximum absolute atomic E-state index is 13.6. The molecular formula is C41H64F3N5O2S. The van der Waals surface area contributed by atoms with Crippen LogP contribution < -0.4 is 16.8 Å². The number of nitrogens with one attached hydrogen (secondary N) is 1. The molecule has 52 heavy (non-hydrogen) atoms. The zero-order chi connectivity index (χ0) is 40.4. The highest BCUT2D eigenvalue weighted by Gasteiger charge is 2.19. The van der Waals surface area contributed by atoms with Crippen LogP contribution in [-0.4, -0.2) is 40.3 Å². The van der Waals surface area contributed by atoms with E-state index >= 15 is 0 Å². The summed E-state index contributed by atoms with van der Waals surface area (Å²) in [5, 5.41) is 19.2. The third kappa shape index (κ3) is 17.4. The summed E-state index contributed by atoms with van der Waals surface area (Å²) < 4.78 is 35.4. The Morgan fingerprint density at radius 3 is 2.02 bits per heavy atom. The number of hydrogen-bond acceptors (Lipinski definition) is 8. The Kier molecular flexibility index (Phi) is 27.4. The largest absolute Gasteiger partial charge is 0.514 e. The van der Waals surface area contributed by atoms with Crippen LogP contribution >= 0.6 is 11.3 Å². The first kappa shape index (κ1) is 50.0. The van der Waals surface area contributed by atoms with Gasteiger partial charge in [0.2, 0.25) is 6.43 Å². The standard InChI is InChI=1S/C31H37FN4S.C3H7NO.C2H4F2.2C2H6.CH4O/c1-6-9-22-16-27(35-30(20(22)5)21-11-13-25(32)14-12-21)23(10-7-2)18-34-26(8-3)24-15-19(4)29-28(17-24)37-31(33)36-29;1-3(4)2-5;1-2(3)4;3*1-2/h8,11-17,23,34H,6-7,9-10,18H2,1-5H3,(H2,33,36);2,5H,4H2,1H3;2H,1H3;2*1-2H3;2H,1H3/b;3-2+;;;;. The van der Waals surface area contributed by atoms with Crippen molar-refractivity contribution >= 4 is 32.4 Å². The summed E-state index contributed by atoms with van der Waals surface area (Å²) in [6.45, 7) is 21.9. The maximum Gasteiger partial charge on any atom is 0.235 e. The fourth-order valence-electron chi connectivity index (χ4n) is 4.99. The third-order valence-corrected chi connectivity index (χ3v) is 7.97. The molecule has 0 amide bonds. The number of alkyl halides is 2. The average Bonchev–Trinajstić information content (AvgIpc) is 3.53. The zero-order valence-electron chi connectivity index (χ0n) is 33.4. The first-order valence-electron chi connectivity index (χ1n) is 18.0. The molecule has 2 aromatic carbocycles. The molecule has 0 aliphatic heterocycles. The molecule has 7 N–H and O–H groups in total. The minimum Gasteiger partial charge on any atom is -0.514 e. The number of fused-ring (bicyclic) bond motifs is 1. The number of anilines is 1. The van der Waals surface area contributed by atoms with Gasteiger partial charge in [-0.05, 0) is 112 Å². The number of pyridine rings is 1. The molecule has 1 atom stereocenters. The molecule has 0 saturated heterocycles. The van der Waals surface area contributed by atoms with Gasteiger partial charge in [0.1, 0.15) is 5.82 Å². The Bertz CT molecular complexity index is 1600. The highest BCUT2D eigenvalue weighted by molar-refractivity contribution is 7.22. The number of aryl methyl sites for hydroxylation is 2. The Morgan fingerprint density at radius 2 is 1.54 bits per heavy atom. The molecule has 0 bridgehead atoms. The number of aliphatic hydroxyl groups is 2. The van der Waals surface area contributed by atoms with E-state index in [0.717, 1.165) is 96.5 Å². The van der Waals surface area contributed by atoms with Crippen LogP contribution in [0.2, 0.25) is 0 Å². The Balaban J connectivity index is 0. The molecule has 0 radical (unpaired) electrons. The van der Waals surface area contributed by atoms with Crippen molar-refractivity contribution < 1.29 is 23.4 Å². The summed E-state index contributed by atoms with van der Waals surface area (Å²) in [7, 11) is 1.00. The molecule has 4 rings (SSSR count). The number of rotatable bonds is 10. The number of nitrogens with zero attached hydrogens (tertiary/aromatic N) is 2. The van der Waals surface area contributed by atoms with Gasteiger partial charge >= 0.3 is 0 Å². The van der Waals surface area contributed by atoms with Crippen molar-refractivity contribution in [3.05, 3.63) is 94.3 Å². The fourth-order valence-corrected chi connectivity index (χ4v) is 5.84. The van der Waals surface area contributed by atoms with Crippen LogP contribution in [-0.2, 0) is 6.42 Å². The Morgan fingerprint density at radius 1 is 0.981 bits per heavy atom. The molecule has 0 aliphatic carbocycles. The number of thiazole rings is 1. The van der Waals surface area contributed by atoms with E-state index in [1.165, 1.54) is 34.6 Å². The van der Waals surface area contributed by atoms with Crippen LogP contribution in [0.1, 0.15) is 115 Å². The van der Waals surface area contributed by atoms with Gasteiger partial charge in [0.25, 0.3) is 0 Å². The highest BCUT2D eigenvalue weighted by atomic mass is 32.1. The lowest BCUT2D eigenvalue weighted by Gasteiger charge is -2.22. The summed E-state index contributed by atoms with van der Waals surface area (Å²) in [6, 6.07) is 13.3. The van der Waals surface area contributed by atoms with Gasteiger partial charge in [-0.2, -0.15) is 0 Å². The molecule has 292 valence electrons. The topological polar surface area (TPSA) is 130 Å². The molecular weight excluding hydrogens is 684 g/mol. The van der Waals surface area contributed by atoms with Gasteiger partial charge in [-0.1, -0.05) is 71.8 Å². The van der Waals surface area contributed by atoms with Crippen molar-refractivity contribution in [2.45, 2.75) is 114 Å². The summed E-state index contributed by atoms with van der Waals surface area (Å²) in [5.74, 6) is 0.0203. The monoisotopic (exact) mass is 747 g/mol. The molecule has 11 heteroatoms. The molecule has 2 heterocycles. The number of benzene rings is 2. The lowest BCUT2D eigenvalue weighted by Crippen LogP contribution is -2.22. The van der Waals surface area contributed by atoms with Crippen LogP contribution in [0.3, 0.4) is 0 Å². The smallest absolute Gasteiger partial charge is 0.235 e. The first-order valence-corrected chi connectivity index (χ1v) is 18.8. The quantitative estimate of drug-likeness (QED) is 0.102. The zero-order valence-corrected chi connectivity index (χ0v) is 34.2. The minimum atomic E-state index is -2.17. The van der Waals surface area contributed by atoms with Crippen molar-refractivity contribution in [2.75, 3.05) is 19.4 Å². The summed E-state index contributed by atoms with van der Waals surface area (Å²) in [4.78, 5) is 9.64. The van der Waals surface area contributed by atoms with Crippen LogP contribution in [0.15, 0.2) is 60.5 Å². The maximum atomic E-state index is 13.6. The number of aliphatic hydroxyl groups excluding tert-OH is 2. The Hall–Kier alpha value is -4.09. The number of halogens is 3. The lowest BCUT2D eigenvalue weighted by atomic mass is 9.92. The molecule has 4 aromatic rings. The van der Waals surface area contributed by atoms with Crippen LogP contribution in [0.4, 0.5) is 18.3 Å². The van der Waals surface area contributed by atoms with E-state index in [9.17, 15) is 13.2 Å². The fraction of sp³-hybridized carbons (Fsp3) is 0.463. The summed E-state index contributed by atoms with van der Waals surface area (Å²) in [6.07, 6.45) is 4.98. The second kappa shape index (κ2) is 28.5. The van der Waals surface area contributed by atoms with Crippen molar-refractivity contribution in [1.29, 1.82) is 0 Å². The van der Waals surface area contributed by atoms with E-state index in [1.54, 1.807) is 6.92 Å². The molecule has 0 saturated carbocycles. The van der Waals surface area contributed by atoms with Gasteiger partial charge < -0.3 is 27.0 Å². The van der Waals surface area contributed by atoms with Gasteiger partial charge in [0.05, 0.1) is 22.2 Å². The molecule has 0 aliphatic rings.